The number of aliphatic hydroxyl groups excluding tert-OH is 15. The Hall–Kier alpha value is -8.09. The molecule has 0 spiro atoms. The lowest BCUT2D eigenvalue weighted by molar-refractivity contribution is -0.142. The number of amides is 11. The molecule has 19 atom stereocenters. The first kappa shape index (κ1) is 124. The van der Waals surface area contributed by atoms with Gasteiger partial charge in [0.05, 0.1) is 101 Å². The monoisotopic (exact) mass is 1960 g/mol. The summed E-state index contributed by atoms with van der Waals surface area (Å²) in [6.07, 6.45) is -25.7. The van der Waals surface area contributed by atoms with Crippen molar-refractivity contribution >= 4 is 128 Å². The van der Waals surface area contributed by atoms with Gasteiger partial charge in [0.25, 0.3) is 0 Å². The first-order valence-corrected chi connectivity index (χ1v) is 46.1. The highest BCUT2D eigenvalue weighted by atomic mass is 33.1. The van der Waals surface area contributed by atoms with Gasteiger partial charge in [-0.15, -0.1) is 0 Å². The number of aliphatic hydroxyl groups is 15. The summed E-state index contributed by atoms with van der Waals surface area (Å²) in [5.41, 5.74) is 5.94. The topological polar surface area (TPSA) is 821 Å². The Balaban J connectivity index is 0.00000312. The molecular weight excluding hydrogens is 1820 g/mol. The standard InChI is InChI=1S/C47H83N9O29S.C32H54N2O10S2/c1-86-18-24(47(84)85)56-46(83)21(4-9-33(68)51-14-27(62)38(75)41(78)30(65)17-59)54-45(82)23(6-11-35(71)72)55-43(80)20(3-8-32(67)50-13-26(61)37(74)40(77)29(64)16-58)53-44(81)22(5-10-34(69)70)52-42(79)19(48)2-7-31(66)49-12-25(60)36(73)39(76)28(63)15-57;1-5-40-25-32(3,4)46-45-23-12-29(37)33-13-6-8-28(36)11-16-42-18-20-44-22-21-43-19-17-41-15-7-9-27(35)10-14-34-30(38)24-26(2)31(34)39/h19-30,36-41,57-65,73-78H,2-18,48H2,1H3,(H,49,66)(H,50,67)(H,51,68)(H,52,79)(H,53,81)(H,54,82)(H,55,80)(H,56,83)(H,69,70)(H,71,72)(H,84,85);5,26H,1,6-25H2,2-4H3,(H,33,37)/t19-,20-,21-,22+,23+,24+,25-,26-,27-,28+,29+,30+,36+,37+,38+,39+,40+,41+;/m0./s1. The number of ketones is 2. The summed E-state index contributed by atoms with van der Waals surface area (Å²) in [5.74, 6) is -14.5. The Labute approximate surface area is 774 Å². The predicted octanol–water partition coefficient (Wildman–Crippen LogP) is -10.3. The molecule has 1 heterocycles. The highest BCUT2D eigenvalue weighted by Gasteiger charge is 2.39. The maximum Gasteiger partial charge on any atom is 0.327 e. The molecule has 1 unspecified atom stereocenters. The van der Waals surface area contributed by atoms with Crippen molar-refractivity contribution in [2.75, 3.05) is 130 Å². The number of carboxylic acid groups (broad SMARTS) is 3. The number of Topliss-reactive ketones (excluding diaryl/α,β-unsaturated/α-hetero) is 2. The SMILES string of the molecule is C=COCC(C)(C)SSCCC(=O)NCCCC(=O)CCOCCOCCOCCOCCCC(=O)CCN1C(=O)CC(C)C1=O.CSC[C@@H](NC(=O)[C@H](CCC(=O)NC[C@H](O)[C@@H](O)[C@H](O)[C@H](O)CO)NC(=O)[C@@H](CCC(=O)O)NC(=O)[C@H](CCC(=O)NC[C@H](O)[C@@H](O)[C@H](O)[C@H](O)CO)NC(=O)[C@@H](CCC(=O)O)NC(=O)[C@@H](N)CCC(=O)NC[C@H](O)[C@@H](O)[C@H](O)[C@H](O)CO)C(=O)O. The number of likely N-dealkylation sites (tertiary alicyclic amines) is 1. The summed E-state index contributed by atoms with van der Waals surface area (Å²) in [5, 5.41) is 195. The molecule has 0 aromatic heterocycles. The molecule has 0 aromatic rings. The van der Waals surface area contributed by atoms with Crippen LogP contribution in [-0.4, -0.2) is 435 Å². The van der Waals surface area contributed by atoms with Crippen molar-refractivity contribution in [3.8, 4) is 0 Å². The zero-order valence-electron chi connectivity index (χ0n) is 74.3. The second kappa shape index (κ2) is 70.6. The third kappa shape index (κ3) is 55.1. The van der Waals surface area contributed by atoms with E-state index in [1.807, 2.05) is 0 Å². The molecule has 760 valence electrons. The number of nitrogens with zero attached hydrogens (tertiary/aromatic N) is 1. The summed E-state index contributed by atoms with van der Waals surface area (Å²) in [6, 6.07) is -11.3. The van der Waals surface area contributed by atoms with Gasteiger partial charge in [-0.2, -0.15) is 11.8 Å². The molecule has 50 nitrogen and oxygen atoms in total. The van der Waals surface area contributed by atoms with Gasteiger partial charge in [0.2, 0.25) is 65.0 Å². The van der Waals surface area contributed by atoms with Gasteiger partial charge in [0.1, 0.15) is 103 Å². The summed E-state index contributed by atoms with van der Waals surface area (Å²) < 4.78 is 27.0. The minimum atomic E-state index is -2.16. The van der Waals surface area contributed by atoms with E-state index in [4.69, 9.17) is 44.7 Å². The molecule has 0 radical (unpaired) electrons. The van der Waals surface area contributed by atoms with Crippen molar-refractivity contribution in [2.45, 2.75) is 251 Å². The predicted molar refractivity (Wildman–Crippen MR) is 467 cm³/mol. The number of carbonyl (C=O) groups is 16. The van der Waals surface area contributed by atoms with Gasteiger partial charge in [-0.1, -0.05) is 35.1 Å². The fourth-order valence-electron chi connectivity index (χ4n) is 11.4. The van der Waals surface area contributed by atoms with Gasteiger partial charge >= 0.3 is 17.9 Å². The van der Waals surface area contributed by atoms with Crippen LogP contribution in [0.4, 0.5) is 0 Å². The number of imide groups is 1. The molecule has 29 N–H and O–H groups in total. The first-order chi connectivity index (χ1) is 62.2. The van der Waals surface area contributed by atoms with Crippen LogP contribution in [0, 0.1) is 5.92 Å². The van der Waals surface area contributed by atoms with Crippen molar-refractivity contribution < 1.29 is 192 Å². The highest BCUT2D eigenvalue weighted by Crippen LogP contribution is 2.36. The molecule has 1 saturated heterocycles. The molecule has 1 rings (SSSR count). The van der Waals surface area contributed by atoms with Crippen LogP contribution in [0.1, 0.15) is 136 Å². The van der Waals surface area contributed by atoms with Gasteiger partial charge in [-0.25, -0.2) is 4.79 Å². The molecule has 11 amide bonds. The molecule has 0 aliphatic carbocycles. The molecule has 53 heteroatoms. The number of carboxylic acids is 3. The van der Waals surface area contributed by atoms with Gasteiger partial charge in [0.15, 0.2) is 0 Å². The van der Waals surface area contributed by atoms with Crippen molar-refractivity contribution in [3.63, 3.8) is 0 Å². The highest BCUT2D eigenvalue weighted by molar-refractivity contribution is 8.77. The average molecular weight is 1960 g/mol. The second-order valence-electron chi connectivity index (χ2n) is 31.0. The Morgan fingerprint density at radius 1 is 0.462 bits per heavy atom. The quantitative estimate of drug-likeness (QED) is 0.0116. The molecule has 132 heavy (non-hydrogen) atoms. The molecule has 1 aliphatic rings. The van der Waals surface area contributed by atoms with E-state index in [9.17, 15) is 153 Å². The Morgan fingerprint density at radius 3 is 1.20 bits per heavy atom. The van der Waals surface area contributed by atoms with Crippen molar-refractivity contribution in [1.29, 1.82) is 0 Å². The number of nitrogens with one attached hydrogen (secondary N) is 9. The minimum Gasteiger partial charge on any atom is -0.500 e. The minimum absolute atomic E-state index is 0.0100. The van der Waals surface area contributed by atoms with Crippen LogP contribution in [0.3, 0.4) is 0 Å². The Kier molecular flexibility index (Phi) is 66.2. The van der Waals surface area contributed by atoms with Crippen LogP contribution in [0.25, 0.3) is 0 Å². The first-order valence-electron chi connectivity index (χ1n) is 42.4. The summed E-state index contributed by atoms with van der Waals surface area (Å²) in [7, 11) is 3.33. The number of ether oxygens (including phenoxy) is 5. The van der Waals surface area contributed by atoms with E-state index in [0.717, 1.165) is 11.8 Å². The number of carbonyl (C=O) groups excluding carboxylic acids is 13. The number of hydrogen-bond donors (Lipinski definition) is 28. The van der Waals surface area contributed by atoms with E-state index in [1.165, 1.54) is 17.4 Å². The smallest absolute Gasteiger partial charge is 0.327 e. The van der Waals surface area contributed by atoms with Crippen LogP contribution >= 0.6 is 33.3 Å². The van der Waals surface area contributed by atoms with Crippen LogP contribution in [0.5, 0.6) is 0 Å². The van der Waals surface area contributed by atoms with E-state index in [2.05, 4.69) is 68.3 Å². The summed E-state index contributed by atoms with van der Waals surface area (Å²) >= 11 is 0.962. The molecule has 0 aromatic carbocycles. The third-order valence-corrected chi connectivity index (χ3v) is 23.2. The Morgan fingerprint density at radius 2 is 0.818 bits per heavy atom. The van der Waals surface area contributed by atoms with E-state index < -0.39 is 278 Å². The molecule has 1 fully saturated rings. The summed E-state index contributed by atoms with van der Waals surface area (Å²) in [6.45, 7) is 8.44. The normalized spacial score (nSPS) is 16.8. The van der Waals surface area contributed by atoms with E-state index >= 15 is 0 Å². The maximum absolute atomic E-state index is 14.2. The van der Waals surface area contributed by atoms with E-state index in [0.29, 0.717) is 110 Å². The van der Waals surface area contributed by atoms with Gasteiger partial charge < -0.3 is 169 Å². The van der Waals surface area contributed by atoms with Gasteiger partial charge in [0, 0.05) is 127 Å². The summed E-state index contributed by atoms with van der Waals surface area (Å²) in [4.78, 5) is 204. The Bertz CT molecular complexity index is 3520. The lowest BCUT2D eigenvalue weighted by Crippen LogP contribution is -2.59. The fraction of sp³-hybridized carbons (Fsp3) is 0.772. The molecule has 0 saturated carbocycles. The van der Waals surface area contributed by atoms with Crippen LogP contribution < -0.4 is 53.6 Å². The largest absolute Gasteiger partial charge is 0.500 e. The number of nitrogens with two attached hydrogens (primary N) is 1. The van der Waals surface area contributed by atoms with Crippen molar-refractivity contribution in [3.05, 3.63) is 12.8 Å². The maximum atomic E-state index is 14.2. The number of rotatable bonds is 77. The van der Waals surface area contributed by atoms with Crippen LogP contribution in [-0.2, 0) is 100 Å². The fourth-order valence-corrected chi connectivity index (χ4v) is 14.3. The third-order valence-electron chi connectivity index (χ3n) is 19.3. The van der Waals surface area contributed by atoms with Crippen molar-refractivity contribution in [2.24, 2.45) is 11.7 Å². The number of hydrogen-bond acceptors (Lipinski definition) is 40. The number of aliphatic carboxylic acids is 3. The lowest BCUT2D eigenvalue weighted by Gasteiger charge is -2.27. The number of thioether (sulfide) groups is 1. The van der Waals surface area contributed by atoms with Crippen molar-refractivity contribution in [1.82, 2.24) is 52.8 Å². The average Bonchev–Trinajstić information content (AvgIpc) is 1.67. The molecule has 1 aliphatic heterocycles. The zero-order valence-corrected chi connectivity index (χ0v) is 76.7. The van der Waals surface area contributed by atoms with Crippen LogP contribution in [0.15, 0.2) is 12.8 Å². The van der Waals surface area contributed by atoms with Crippen LogP contribution in [0.2, 0.25) is 0 Å². The zero-order chi connectivity index (χ0) is 100. The second-order valence-corrected chi connectivity index (χ2v) is 35.0. The molecular formula is C79H137N11O39S3. The van der Waals surface area contributed by atoms with E-state index in [-0.39, 0.29) is 65.1 Å². The molecule has 0 bridgehead atoms. The van der Waals surface area contributed by atoms with Gasteiger partial charge in [-0.3, -0.25) is 76.8 Å². The van der Waals surface area contributed by atoms with Gasteiger partial charge in [-0.05, 0) is 65.0 Å². The van der Waals surface area contributed by atoms with E-state index in [1.54, 1.807) is 28.5 Å². The lowest BCUT2D eigenvalue weighted by atomic mass is 10.0.